The average molecular weight is 583 g/mol. The van der Waals surface area contributed by atoms with E-state index in [2.05, 4.69) is 81.6 Å². The highest BCUT2D eigenvalue weighted by atomic mass is 28.4. The number of likely N-dealkylation sites (N-methyl/N-ethyl adjacent to an activating group) is 1. The Labute approximate surface area is 247 Å². The smallest absolute Gasteiger partial charge is 0.254 e. The van der Waals surface area contributed by atoms with Crippen molar-refractivity contribution < 1.29 is 14.0 Å². The Morgan fingerprint density at radius 2 is 1.88 bits per heavy atom. The molecule has 41 heavy (non-hydrogen) atoms. The quantitative estimate of drug-likeness (QED) is 0.348. The maximum absolute atomic E-state index is 13.4. The molecule has 1 aliphatic heterocycles. The Balaban J connectivity index is 1.25. The molecular weight excluding hydrogens is 532 g/mol. The molecule has 2 N–H and O–H groups in total. The molecule has 10 heteroatoms. The van der Waals surface area contributed by atoms with Crippen LogP contribution in [-0.2, 0) is 22.3 Å². The van der Waals surface area contributed by atoms with E-state index in [4.69, 9.17) is 4.43 Å². The molecule has 0 radical (unpaired) electrons. The Morgan fingerprint density at radius 1 is 1.17 bits per heavy atom. The lowest BCUT2D eigenvalue weighted by atomic mass is 9.84. The highest BCUT2D eigenvalue weighted by Gasteiger charge is 2.38. The van der Waals surface area contributed by atoms with Gasteiger partial charge in [-0.2, -0.15) is 5.10 Å². The van der Waals surface area contributed by atoms with Gasteiger partial charge in [-0.25, -0.2) is 0 Å². The van der Waals surface area contributed by atoms with E-state index in [1.54, 1.807) is 0 Å². The largest absolute Gasteiger partial charge is 0.415 e. The number of amides is 2. The van der Waals surface area contributed by atoms with Crippen molar-refractivity contribution >= 4 is 31.6 Å². The van der Waals surface area contributed by atoms with Gasteiger partial charge in [-0.05, 0) is 88.1 Å². The molecule has 0 saturated heterocycles. The van der Waals surface area contributed by atoms with Gasteiger partial charge in [0, 0.05) is 55.1 Å². The van der Waals surface area contributed by atoms with Crippen molar-refractivity contribution in [2.75, 3.05) is 44.4 Å². The monoisotopic (exact) mass is 582 g/mol. The van der Waals surface area contributed by atoms with Crippen molar-refractivity contribution in [3.63, 3.8) is 0 Å². The van der Waals surface area contributed by atoms with Gasteiger partial charge >= 0.3 is 0 Å². The molecule has 1 aliphatic carbocycles. The third-order valence-electron chi connectivity index (χ3n) is 9.17. The number of rotatable bonds is 11. The third-order valence-corrected chi connectivity index (χ3v) is 13.7. The summed E-state index contributed by atoms with van der Waals surface area (Å²) >= 11 is 0. The standard InChI is InChI=1S/C31H50N6O3Si/c1-22-19-24(32-14-16-35(5)6)20-26-27(22)21-37(30(26)39)25-11-9-23(10-12-25)29(38)33-28-13-15-36(34-28)17-18-40-41(7,8)31(2,3)4/h13,15,19-20,23,25,32H,9-12,14,16-18,21H2,1-8H3,(H,33,34,38). The predicted octanol–water partition coefficient (Wildman–Crippen LogP) is 5.34. The predicted molar refractivity (Wildman–Crippen MR) is 168 cm³/mol. The lowest BCUT2D eigenvalue weighted by molar-refractivity contribution is -0.121. The van der Waals surface area contributed by atoms with Crippen molar-refractivity contribution in [1.82, 2.24) is 19.6 Å². The zero-order valence-corrected chi connectivity index (χ0v) is 27.3. The van der Waals surface area contributed by atoms with Gasteiger partial charge in [0.15, 0.2) is 14.1 Å². The molecule has 0 unspecified atom stereocenters. The van der Waals surface area contributed by atoms with Crippen LogP contribution in [0, 0.1) is 12.8 Å². The minimum Gasteiger partial charge on any atom is -0.415 e. The van der Waals surface area contributed by atoms with Crippen LogP contribution in [-0.4, -0.2) is 79.5 Å². The number of aromatic nitrogens is 2. The molecular formula is C31H50N6O3Si. The van der Waals surface area contributed by atoms with E-state index in [0.717, 1.165) is 61.2 Å². The maximum atomic E-state index is 13.4. The van der Waals surface area contributed by atoms with Crippen LogP contribution < -0.4 is 10.6 Å². The normalized spacial score (nSPS) is 19.5. The van der Waals surface area contributed by atoms with Crippen molar-refractivity contribution in [3.05, 3.63) is 41.1 Å². The summed E-state index contributed by atoms with van der Waals surface area (Å²) in [4.78, 5) is 30.6. The van der Waals surface area contributed by atoms with Gasteiger partial charge in [-0.1, -0.05) is 20.8 Å². The maximum Gasteiger partial charge on any atom is 0.254 e. The molecule has 226 valence electrons. The molecule has 1 aromatic heterocycles. The molecule has 2 aliphatic rings. The van der Waals surface area contributed by atoms with Gasteiger partial charge in [-0.3, -0.25) is 14.3 Å². The molecule has 0 bridgehead atoms. The second kappa shape index (κ2) is 12.7. The Kier molecular flexibility index (Phi) is 9.65. The number of fused-ring (bicyclic) bond motifs is 1. The molecule has 1 saturated carbocycles. The van der Waals surface area contributed by atoms with Crippen LogP contribution in [0.3, 0.4) is 0 Å². The van der Waals surface area contributed by atoms with Crippen molar-refractivity contribution in [2.45, 2.75) is 90.6 Å². The van der Waals surface area contributed by atoms with E-state index in [1.165, 1.54) is 0 Å². The topological polar surface area (TPSA) is 91.7 Å². The molecule has 4 rings (SSSR count). The van der Waals surface area contributed by atoms with Gasteiger partial charge in [0.2, 0.25) is 5.91 Å². The summed E-state index contributed by atoms with van der Waals surface area (Å²) < 4.78 is 8.09. The van der Waals surface area contributed by atoms with Crippen LogP contribution >= 0.6 is 0 Å². The minimum absolute atomic E-state index is 0.0199. The summed E-state index contributed by atoms with van der Waals surface area (Å²) in [7, 11) is 2.31. The number of hydrogen-bond donors (Lipinski definition) is 2. The first-order chi connectivity index (χ1) is 19.2. The van der Waals surface area contributed by atoms with Gasteiger partial charge in [-0.15, -0.1) is 0 Å². The molecule has 0 spiro atoms. The fourth-order valence-electron chi connectivity index (χ4n) is 5.48. The Hall–Kier alpha value is -2.69. The summed E-state index contributed by atoms with van der Waals surface area (Å²) in [5.74, 6) is 0.662. The molecule has 2 aromatic rings. The number of benzene rings is 1. The van der Waals surface area contributed by atoms with E-state index < -0.39 is 8.32 Å². The molecule has 1 fully saturated rings. The van der Waals surface area contributed by atoms with Crippen LogP contribution in [0.2, 0.25) is 18.1 Å². The lowest BCUT2D eigenvalue weighted by Gasteiger charge is -2.36. The van der Waals surface area contributed by atoms with Crippen LogP contribution in [0.15, 0.2) is 24.4 Å². The molecule has 0 atom stereocenters. The molecule has 2 amide bonds. The van der Waals surface area contributed by atoms with Crippen molar-refractivity contribution in [1.29, 1.82) is 0 Å². The van der Waals surface area contributed by atoms with Gasteiger partial charge in [0.05, 0.1) is 13.2 Å². The number of carbonyl (C=O) groups excluding carboxylic acids is 2. The third kappa shape index (κ3) is 7.58. The van der Waals surface area contributed by atoms with E-state index in [1.807, 2.05) is 27.9 Å². The number of carbonyl (C=O) groups is 2. The van der Waals surface area contributed by atoms with E-state index in [9.17, 15) is 9.59 Å². The van der Waals surface area contributed by atoms with Crippen molar-refractivity contribution in [2.24, 2.45) is 5.92 Å². The summed E-state index contributed by atoms with van der Waals surface area (Å²) in [5.41, 5.74) is 4.12. The molecule has 9 nitrogen and oxygen atoms in total. The first kappa shape index (κ1) is 31.2. The number of hydrogen-bond acceptors (Lipinski definition) is 6. The summed E-state index contributed by atoms with van der Waals surface area (Å²) in [5, 5.41) is 11.2. The number of nitrogens with zero attached hydrogens (tertiary/aromatic N) is 4. The number of nitrogens with one attached hydrogen (secondary N) is 2. The van der Waals surface area contributed by atoms with E-state index in [-0.39, 0.29) is 28.8 Å². The van der Waals surface area contributed by atoms with Gasteiger partial charge in [0.25, 0.3) is 5.91 Å². The first-order valence-electron chi connectivity index (χ1n) is 15.1. The average Bonchev–Trinajstić information content (AvgIpc) is 3.47. The van der Waals surface area contributed by atoms with Crippen LogP contribution in [0.25, 0.3) is 0 Å². The Morgan fingerprint density at radius 3 is 2.54 bits per heavy atom. The first-order valence-corrected chi connectivity index (χ1v) is 18.0. The lowest BCUT2D eigenvalue weighted by Crippen LogP contribution is -2.41. The fourth-order valence-corrected chi connectivity index (χ4v) is 6.51. The van der Waals surface area contributed by atoms with Crippen LogP contribution in [0.1, 0.15) is 67.9 Å². The number of anilines is 2. The summed E-state index contributed by atoms with van der Waals surface area (Å²) in [6, 6.07) is 6.18. The zero-order chi connectivity index (χ0) is 29.9. The highest BCUT2D eigenvalue weighted by molar-refractivity contribution is 6.74. The molecule has 2 heterocycles. The fraction of sp³-hybridized carbons (Fsp3) is 0.645. The summed E-state index contributed by atoms with van der Waals surface area (Å²) in [6.45, 7) is 17.0. The SMILES string of the molecule is Cc1cc(NCCN(C)C)cc2c1CN(C1CCC(C(=O)Nc3ccn(CCO[Si](C)(C)C(C)(C)C)n3)CC1)C2=O. The molecule has 1 aromatic carbocycles. The van der Waals surface area contributed by atoms with Crippen molar-refractivity contribution in [3.8, 4) is 0 Å². The van der Waals surface area contributed by atoms with E-state index in [0.29, 0.717) is 25.5 Å². The van der Waals surface area contributed by atoms with E-state index >= 15 is 0 Å². The zero-order valence-electron chi connectivity index (χ0n) is 26.3. The number of aryl methyl sites for hydroxylation is 1. The van der Waals surface area contributed by atoms with Gasteiger partial charge in [0.1, 0.15) is 0 Å². The summed E-state index contributed by atoms with van der Waals surface area (Å²) in [6.07, 6.45) is 5.11. The second-order valence-corrected chi connectivity index (χ2v) is 18.4. The second-order valence-electron chi connectivity index (χ2n) is 13.5. The van der Waals surface area contributed by atoms with Crippen LogP contribution in [0.4, 0.5) is 11.5 Å². The van der Waals surface area contributed by atoms with Crippen LogP contribution in [0.5, 0.6) is 0 Å². The van der Waals surface area contributed by atoms with Gasteiger partial charge < -0.3 is 24.9 Å². The Bertz CT molecular complexity index is 1230. The highest BCUT2D eigenvalue weighted by Crippen LogP contribution is 2.37. The minimum atomic E-state index is -1.79.